The third kappa shape index (κ3) is 6.44. The van der Waals surface area contributed by atoms with Crippen molar-refractivity contribution < 1.29 is 14.5 Å². The van der Waals surface area contributed by atoms with Crippen LogP contribution >= 0.6 is 18.7 Å². The first-order valence-corrected chi connectivity index (χ1v) is 7.63. The summed E-state index contributed by atoms with van der Waals surface area (Å²) in [6.07, 6.45) is 1.37. The van der Waals surface area contributed by atoms with Gasteiger partial charge in [0.15, 0.2) is 0 Å². The number of carboxylic acids is 1. The zero-order valence-corrected chi connectivity index (χ0v) is 10.5. The predicted molar refractivity (Wildman–Crippen MR) is 60.0 cm³/mol. The van der Waals surface area contributed by atoms with Gasteiger partial charge in [0.05, 0.1) is 7.14 Å². The van der Waals surface area contributed by atoms with E-state index < -0.39 is 18.5 Å². The summed E-state index contributed by atoms with van der Waals surface area (Å²) in [4.78, 5) is 10.4. The molecule has 0 aromatic rings. The molecule has 0 bridgehead atoms. The molecule has 0 heterocycles. The van der Waals surface area contributed by atoms with Gasteiger partial charge in [-0.15, -0.1) is 11.6 Å². The monoisotopic (exact) mass is 240 g/mol. The Balaban J connectivity index is 3.99. The molecule has 0 saturated heterocycles. The van der Waals surface area contributed by atoms with E-state index in [0.717, 1.165) is 0 Å². The molecule has 0 amide bonds. The van der Waals surface area contributed by atoms with Crippen molar-refractivity contribution in [2.24, 2.45) is 5.92 Å². The Bertz CT molecular complexity index is 240. The van der Waals surface area contributed by atoms with Gasteiger partial charge in [-0.05, 0) is 19.0 Å². The van der Waals surface area contributed by atoms with Gasteiger partial charge in [-0.2, -0.15) is 0 Å². The topological polar surface area (TPSA) is 54.4 Å². The zero-order valence-electron chi connectivity index (χ0n) is 8.86. The van der Waals surface area contributed by atoms with E-state index in [1.807, 2.05) is 13.8 Å². The highest BCUT2D eigenvalue weighted by Gasteiger charge is 2.21. The molecule has 2 unspecified atom stereocenters. The van der Waals surface area contributed by atoms with Crippen LogP contribution in [0.15, 0.2) is 0 Å². The molecule has 84 valence electrons. The van der Waals surface area contributed by atoms with E-state index in [-0.39, 0.29) is 6.42 Å². The number of aliphatic carboxylic acids is 1. The molecule has 0 aromatic carbocycles. The van der Waals surface area contributed by atoms with E-state index in [1.54, 1.807) is 6.66 Å². The Morgan fingerprint density at radius 1 is 1.50 bits per heavy atom. The van der Waals surface area contributed by atoms with Crippen LogP contribution in [0.3, 0.4) is 0 Å². The third-order valence-corrected chi connectivity index (χ3v) is 4.99. The Kier molecular flexibility index (Phi) is 5.77. The lowest BCUT2D eigenvalue weighted by Gasteiger charge is -2.15. The molecule has 0 rings (SSSR count). The van der Waals surface area contributed by atoms with Crippen molar-refractivity contribution in [1.82, 2.24) is 0 Å². The number of carboxylic acid groups (broad SMARTS) is 1. The van der Waals surface area contributed by atoms with Gasteiger partial charge in [0.25, 0.3) is 0 Å². The van der Waals surface area contributed by atoms with Crippen LogP contribution in [0.4, 0.5) is 0 Å². The average Bonchev–Trinajstić information content (AvgIpc) is 1.97. The predicted octanol–water partition coefficient (Wildman–Crippen LogP) is 2.72. The maximum atomic E-state index is 11.9. The summed E-state index contributed by atoms with van der Waals surface area (Å²) in [6, 6.07) is 0. The standard InChI is InChI=1S/C9H18ClO3P/c1-7(2)6-14(3,13)5-4-8(10)9(11)12/h7-8H,4-6H2,1-3H3,(H,11,12). The minimum atomic E-state index is -2.19. The lowest BCUT2D eigenvalue weighted by molar-refractivity contribution is -0.136. The molecule has 1 N–H and O–H groups in total. The van der Waals surface area contributed by atoms with E-state index in [4.69, 9.17) is 16.7 Å². The molecule has 0 aliphatic heterocycles. The number of carbonyl (C=O) groups is 1. The van der Waals surface area contributed by atoms with Crippen LogP contribution in [-0.2, 0) is 9.36 Å². The summed E-state index contributed by atoms with van der Waals surface area (Å²) < 4.78 is 11.9. The molecule has 2 atom stereocenters. The van der Waals surface area contributed by atoms with E-state index in [2.05, 4.69) is 0 Å². The first kappa shape index (κ1) is 14.0. The van der Waals surface area contributed by atoms with Gasteiger partial charge in [0.2, 0.25) is 0 Å². The van der Waals surface area contributed by atoms with Gasteiger partial charge in [0, 0.05) is 12.3 Å². The molecule has 3 nitrogen and oxygen atoms in total. The second kappa shape index (κ2) is 5.77. The highest BCUT2D eigenvalue weighted by atomic mass is 35.5. The quantitative estimate of drug-likeness (QED) is 0.574. The van der Waals surface area contributed by atoms with Crippen molar-refractivity contribution in [2.45, 2.75) is 25.6 Å². The zero-order chi connectivity index (χ0) is 11.4. The number of alkyl halides is 1. The lowest BCUT2D eigenvalue weighted by atomic mass is 10.3. The molecule has 0 spiro atoms. The maximum absolute atomic E-state index is 11.9. The first-order valence-electron chi connectivity index (χ1n) is 4.67. The van der Waals surface area contributed by atoms with Gasteiger partial charge < -0.3 is 9.67 Å². The smallest absolute Gasteiger partial charge is 0.321 e. The van der Waals surface area contributed by atoms with Gasteiger partial charge in [-0.3, -0.25) is 4.79 Å². The second-order valence-corrected chi connectivity index (χ2v) is 8.12. The molecule has 0 aliphatic carbocycles. The fourth-order valence-corrected chi connectivity index (χ4v) is 4.17. The molecule has 0 aliphatic rings. The van der Waals surface area contributed by atoms with Crippen LogP contribution in [0.2, 0.25) is 0 Å². The minimum Gasteiger partial charge on any atom is -0.480 e. The van der Waals surface area contributed by atoms with Crippen LogP contribution in [0, 0.1) is 5.92 Å². The van der Waals surface area contributed by atoms with Crippen LogP contribution in [-0.4, -0.2) is 35.4 Å². The van der Waals surface area contributed by atoms with Crippen molar-refractivity contribution in [3.63, 3.8) is 0 Å². The normalized spacial score (nSPS) is 17.8. The fourth-order valence-electron chi connectivity index (χ4n) is 1.37. The highest BCUT2D eigenvalue weighted by Crippen LogP contribution is 2.44. The van der Waals surface area contributed by atoms with Crippen molar-refractivity contribution in [1.29, 1.82) is 0 Å². The summed E-state index contributed by atoms with van der Waals surface area (Å²) in [6.45, 7) is 5.73. The Morgan fingerprint density at radius 3 is 2.36 bits per heavy atom. The largest absolute Gasteiger partial charge is 0.480 e. The molecule has 0 saturated carbocycles. The second-order valence-electron chi connectivity index (χ2n) is 4.19. The average molecular weight is 241 g/mol. The summed E-state index contributed by atoms with van der Waals surface area (Å²) in [5.74, 6) is -0.652. The van der Waals surface area contributed by atoms with Gasteiger partial charge in [0.1, 0.15) is 5.38 Å². The lowest BCUT2D eigenvalue weighted by Crippen LogP contribution is -2.15. The van der Waals surface area contributed by atoms with Crippen molar-refractivity contribution >= 4 is 24.7 Å². The van der Waals surface area contributed by atoms with E-state index >= 15 is 0 Å². The molecule has 14 heavy (non-hydrogen) atoms. The van der Waals surface area contributed by atoms with Gasteiger partial charge in [-0.1, -0.05) is 13.8 Å². The van der Waals surface area contributed by atoms with Gasteiger partial charge >= 0.3 is 5.97 Å². The number of hydrogen-bond donors (Lipinski definition) is 1. The molecule has 5 heteroatoms. The highest BCUT2D eigenvalue weighted by molar-refractivity contribution is 7.63. The molecular weight excluding hydrogens is 223 g/mol. The Labute approximate surface area is 90.2 Å². The van der Waals surface area contributed by atoms with Crippen LogP contribution in [0.1, 0.15) is 20.3 Å². The van der Waals surface area contributed by atoms with Crippen LogP contribution in [0.5, 0.6) is 0 Å². The van der Waals surface area contributed by atoms with Crippen molar-refractivity contribution in [3.05, 3.63) is 0 Å². The summed E-state index contributed by atoms with van der Waals surface area (Å²) in [5, 5.41) is 7.63. The maximum Gasteiger partial charge on any atom is 0.321 e. The summed E-state index contributed by atoms with van der Waals surface area (Å²) >= 11 is 5.54. The third-order valence-electron chi connectivity index (χ3n) is 1.87. The molecule has 0 radical (unpaired) electrons. The number of rotatable bonds is 6. The first-order chi connectivity index (χ1) is 6.24. The Hall–Kier alpha value is -0.0100. The number of hydrogen-bond acceptors (Lipinski definition) is 2. The molecular formula is C9H18ClO3P. The van der Waals surface area contributed by atoms with Crippen molar-refractivity contribution in [3.8, 4) is 0 Å². The van der Waals surface area contributed by atoms with E-state index in [0.29, 0.717) is 18.2 Å². The van der Waals surface area contributed by atoms with E-state index in [1.165, 1.54) is 0 Å². The summed E-state index contributed by atoms with van der Waals surface area (Å²) in [5.41, 5.74) is 0. The fraction of sp³-hybridized carbons (Fsp3) is 0.889. The SMILES string of the molecule is CC(C)CP(C)(=O)CCC(Cl)C(=O)O. The Morgan fingerprint density at radius 2 is 2.00 bits per heavy atom. The van der Waals surface area contributed by atoms with Gasteiger partial charge in [-0.25, -0.2) is 0 Å². The van der Waals surface area contributed by atoms with E-state index in [9.17, 15) is 9.36 Å². The summed E-state index contributed by atoms with van der Waals surface area (Å²) in [7, 11) is -2.19. The van der Waals surface area contributed by atoms with Crippen LogP contribution in [0.25, 0.3) is 0 Å². The molecule has 0 aromatic heterocycles. The molecule has 0 fully saturated rings. The minimum absolute atomic E-state index is 0.289. The van der Waals surface area contributed by atoms with Crippen molar-refractivity contribution in [2.75, 3.05) is 19.0 Å². The number of halogens is 1. The van der Waals surface area contributed by atoms with Crippen LogP contribution < -0.4 is 0 Å².